The molecule has 0 fully saturated rings. The second kappa shape index (κ2) is 12.1. The van der Waals surface area contributed by atoms with Crippen LogP contribution in [0.1, 0.15) is 29.4 Å². The van der Waals surface area contributed by atoms with Crippen LogP contribution in [0.2, 0.25) is 0 Å². The molecule has 2 aromatic heterocycles. The Morgan fingerprint density at radius 3 is 1.93 bits per heavy atom. The number of carbonyl (C=O) groups excluding carboxylic acids is 2. The minimum Gasteiger partial charge on any atom is -0.497 e. The van der Waals surface area contributed by atoms with Crippen molar-refractivity contribution in [1.82, 2.24) is 15.0 Å². The van der Waals surface area contributed by atoms with E-state index >= 15 is 0 Å². The third-order valence-electron chi connectivity index (χ3n) is 6.39. The van der Waals surface area contributed by atoms with Gasteiger partial charge >= 0.3 is 5.97 Å². The van der Waals surface area contributed by atoms with E-state index in [-0.39, 0.29) is 5.56 Å². The summed E-state index contributed by atoms with van der Waals surface area (Å²) in [6, 6.07) is 20.1. The van der Waals surface area contributed by atoms with Crippen molar-refractivity contribution in [1.29, 1.82) is 0 Å². The van der Waals surface area contributed by atoms with Gasteiger partial charge in [0.25, 0.3) is 5.91 Å². The van der Waals surface area contributed by atoms with Crippen molar-refractivity contribution in [3.8, 4) is 34.0 Å². The quantitative estimate of drug-likeness (QED) is 0.206. The number of aromatic nitrogens is 3. The lowest BCUT2D eigenvalue weighted by molar-refractivity contribution is -0.124. The SMILES string of the molecule is CCC(OC(=O)c1ccc2nc(-c3ccc(OC)cc3)c(-c3ccc(OC)cc3)nc2c1)C(=O)Nc1nc(C)cs1. The third kappa shape index (κ3) is 6.17. The molecule has 0 aliphatic carbocycles. The Bertz CT molecular complexity index is 1700. The van der Waals surface area contributed by atoms with Crippen molar-refractivity contribution in [2.45, 2.75) is 26.4 Å². The molecule has 5 rings (SSSR count). The number of hydrogen-bond donors (Lipinski definition) is 1. The molecular weight excluding hydrogens is 540 g/mol. The van der Waals surface area contributed by atoms with Gasteiger partial charge in [-0.1, -0.05) is 6.92 Å². The van der Waals surface area contributed by atoms with Gasteiger partial charge in [-0.25, -0.2) is 19.7 Å². The van der Waals surface area contributed by atoms with E-state index in [1.165, 1.54) is 11.3 Å². The maximum Gasteiger partial charge on any atom is 0.338 e. The largest absolute Gasteiger partial charge is 0.497 e. The van der Waals surface area contributed by atoms with Gasteiger partial charge in [0, 0.05) is 16.5 Å². The van der Waals surface area contributed by atoms with Crippen LogP contribution in [0.25, 0.3) is 33.5 Å². The highest BCUT2D eigenvalue weighted by Crippen LogP contribution is 2.33. The molecule has 208 valence electrons. The second-order valence-corrected chi connectivity index (χ2v) is 10.0. The smallest absolute Gasteiger partial charge is 0.338 e. The zero-order valence-corrected chi connectivity index (χ0v) is 23.8. The Morgan fingerprint density at radius 1 is 0.829 bits per heavy atom. The lowest BCUT2D eigenvalue weighted by Crippen LogP contribution is -2.32. The number of carbonyl (C=O) groups is 2. The number of esters is 1. The van der Waals surface area contributed by atoms with Gasteiger partial charge < -0.3 is 14.2 Å². The van der Waals surface area contributed by atoms with E-state index in [1.807, 2.05) is 60.8 Å². The van der Waals surface area contributed by atoms with Gasteiger partial charge in [-0.2, -0.15) is 0 Å². The minimum atomic E-state index is -0.971. The van der Waals surface area contributed by atoms with Crippen molar-refractivity contribution in [3.05, 3.63) is 83.4 Å². The molecule has 1 atom stereocenters. The molecule has 0 spiro atoms. The number of aryl methyl sites for hydroxylation is 1. The van der Waals surface area contributed by atoms with Crippen molar-refractivity contribution >= 4 is 39.4 Å². The van der Waals surface area contributed by atoms with E-state index < -0.39 is 18.0 Å². The third-order valence-corrected chi connectivity index (χ3v) is 7.26. The maximum absolute atomic E-state index is 13.1. The molecule has 0 saturated heterocycles. The van der Waals surface area contributed by atoms with Crippen LogP contribution in [0.15, 0.2) is 72.1 Å². The molecule has 0 saturated carbocycles. The summed E-state index contributed by atoms with van der Waals surface area (Å²) in [7, 11) is 3.23. The van der Waals surface area contributed by atoms with Gasteiger partial charge in [-0.05, 0) is 80.1 Å². The highest BCUT2D eigenvalue weighted by Gasteiger charge is 2.24. The summed E-state index contributed by atoms with van der Waals surface area (Å²) in [5.74, 6) is 0.397. The average Bonchev–Trinajstić information content (AvgIpc) is 3.42. The molecule has 5 aromatic rings. The molecular formula is C31H28N4O5S. The fourth-order valence-corrected chi connectivity index (χ4v) is 4.89. The fourth-order valence-electron chi connectivity index (χ4n) is 4.20. The second-order valence-electron chi connectivity index (χ2n) is 9.17. The molecule has 1 unspecified atom stereocenters. The predicted octanol–water partition coefficient (Wildman–Crippen LogP) is 6.32. The van der Waals surface area contributed by atoms with Crippen LogP contribution in [0.5, 0.6) is 11.5 Å². The molecule has 1 N–H and O–H groups in total. The number of ether oxygens (including phenoxy) is 3. The van der Waals surface area contributed by atoms with Crippen LogP contribution in [0, 0.1) is 6.92 Å². The zero-order valence-electron chi connectivity index (χ0n) is 23.0. The number of benzene rings is 3. The minimum absolute atomic E-state index is 0.265. The summed E-state index contributed by atoms with van der Waals surface area (Å²) >= 11 is 1.31. The predicted molar refractivity (Wildman–Crippen MR) is 158 cm³/mol. The van der Waals surface area contributed by atoms with Crippen LogP contribution >= 0.6 is 11.3 Å². The van der Waals surface area contributed by atoms with Crippen LogP contribution in [-0.4, -0.2) is 47.2 Å². The Hall–Kier alpha value is -4.83. The van der Waals surface area contributed by atoms with E-state index in [9.17, 15) is 9.59 Å². The monoisotopic (exact) mass is 568 g/mol. The Morgan fingerprint density at radius 2 is 1.41 bits per heavy atom. The van der Waals surface area contributed by atoms with Gasteiger partial charge in [0.05, 0.1) is 47.9 Å². The fraction of sp³-hybridized carbons (Fsp3) is 0.194. The Kier molecular flexibility index (Phi) is 8.21. The Labute approximate surface area is 241 Å². The van der Waals surface area contributed by atoms with Crippen LogP contribution in [0.4, 0.5) is 5.13 Å². The number of fused-ring (bicyclic) bond motifs is 1. The highest BCUT2D eigenvalue weighted by atomic mass is 32.1. The van der Waals surface area contributed by atoms with Crippen LogP contribution in [-0.2, 0) is 9.53 Å². The summed E-state index contributed by atoms with van der Waals surface area (Å²) in [6.45, 7) is 3.62. The number of anilines is 1. The lowest BCUT2D eigenvalue weighted by atomic mass is 10.0. The van der Waals surface area contributed by atoms with Crippen molar-refractivity contribution in [3.63, 3.8) is 0 Å². The van der Waals surface area contributed by atoms with Crippen molar-refractivity contribution < 1.29 is 23.8 Å². The van der Waals surface area contributed by atoms with E-state index in [0.29, 0.717) is 34.0 Å². The standard InChI is InChI=1S/C31H28N4O5S/c1-5-26(29(36)35-31-32-18(2)17-41-31)40-30(37)21-10-15-24-25(16-21)34-28(20-8-13-23(39-4)14-9-20)27(33-24)19-6-11-22(38-3)12-7-19/h6-17,26H,5H2,1-4H3,(H,32,35,36). The maximum atomic E-state index is 13.1. The van der Waals surface area contributed by atoms with Crippen molar-refractivity contribution in [2.75, 3.05) is 19.5 Å². The number of nitrogens with one attached hydrogen (secondary N) is 1. The molecule has 0 radical (unpaired) electrons. The summed E-state index contributed by atoms with van der Waals surface area (Å²) < 4.78 is 16.2. The van der Waals surface area contributed by atoms with E-state index in [2.05, 4.69) is 10.3 Å². The number of rotatable bonds is 9. The summed E-state index contributed by atoms with van der Waals surface area (Å²) in [4.78, 5) is 39.9. The first-order valence-corrected chi connectivity index (χ1v) is 13.8. The normalized spacial score (nSPS) is 11.6. The summed E-state index contributed by atoms with van der Waals surface area (Å²) in [5, 5.41) is 5.01. The molecule has 0 bridgehead atoms. The average molecular weight is 569 g/mol. The topological polar surface area (TPSA) is 113 Å². The van der Waals surface area contributed by atoms with Gasteiger partial charge in [0.15, 0.2) is 11.2 Å². The first-order valence-electron chi connectivity index (χ1n) is 12.9. The molecule has 2 heterocycles. The lowest BCUT2D eigenvalue weighted by Gasteiger charge is -2.15. The molecule has 1 amide bonds. The molecule has 41 heavy (non-hydrogen) atoms. The summed E-state index contributed by atoms with van der Waals surface area (Å²) in [6.07, 6.45) is -0.664. The van der Waals surface area contributed by atoms with E-state index in [4.69, 9.17) is 24.2 Å². The van der Waals surface area contributed by atoms with Crippen LogP contribution < -0.4 is 14.8 Å². The Balaban J connectivity index is 1.48. The first kappa shape index (κ1) is 27.7. The van der Waals surface area contributed by atoms with Gasteiger partial charge in [0.2, 0.25) is 0 Å². The van der Waals surface area contributed by atoms with Gasteiger partial charge in [-0.15, -0.1) is 11.3 Å². The van der Waals surface area contributed by atoms with Crippen LogP contribution in [0.3, 0.4) is 0 Å². The molecule has 9 nitrogen and oxygen atoms in total. The van der Waals surface area contributed by atoms with E-state index in [0.717, 1.165) is 28.3 Å². The molecule has 0 aliphatic rings. The molecule has 10 heteroatoms. The highest BCUT2D eigenvalue weighted by molar-refractivity contribution is 7.13. The number of thiazole rings is 1. The number of nitrogens with zero attached hydrogens (tertiary/aromatic N) is 3. The zero-order chi connectivity index (χ0) is 28.9. The van der Waals surface area contributed by atoms with Gasteiger partial charge in [0.1, 0.15) is 11.5 Å². The number of methoxy groups -OCH3 is 2. The molecule has 0 aliphatic heterocycles. The molecule has 3 aromatic carbocycles. The number of hydrogen-bond acceptors (Lipinski definition) is 9. The summed E-state index contributed by atoms with van der Waals surface area (Å²) in [5.41, 5.74) is 5.20. The van der Waals surface area contributed by atoms with Crippen molar-refractivity contribution in [2.24, 2.45) is 0 Å². The van der Waals surface area contributed by atoms with E-state index in [1.54, 1.807) is 39.3 Å². The number of amides is 1. The first-order chi connectivity index (χ1) is 19.9. The van der Waals surface area contributed by atoms with Gasteiger partial charge in [-0.3, -0.25) is 10.1 Å².